The molecule has 0 amide bonds. The first-order chi connectivity index (χ1) is 11.9. The number of benzene rings is 1. The Morgan fingerprint density at radius 3 is 2.88 bits per heavy atom. The van der Waals surface area contributed by atoms with Crippen LogP contribution in [0.2, 0.25) is 0 Å². The van der Waals surface area contributed by atoms with E-state index in [1.165, 1.54) is 13.0 Å². The number of esters is 1. The summed E-state index contributed by atoms with van der Waals surface area (Å²) in [6.07, 6.45) is 3.01. The number of hydrogen-bond acceptors (Lipinski definition) is 7. The minimum atomic E-state index is -0.551. The van der Waals surface area contributed by atoms with Crippen molar-refractivity contribution in [2.75, 3.05) is 13.2 Å². The van der Waals surface area contributed by atoms with Crippen LogP contribution in [-0.2, 0) is 9.53 Å². The van der Waals surface area contributed by atoms with Gasteiger partial charge in [-0.2, -0.15) is 0 Å². The van der Waals surface area contributed by atoms with E-state index in [2.05, 4.69) is 21.1 Å². The molecule has 1 heterocycles. The lowest BCUT2D eigenvalue weighted by molar-refractivity contribution is -0.386. The predicted octanol–water partition coefficient (Wildman–Crippen LogP) is 3.77. The van der Waals surface area contributed by atoms with Crippen LogP contribution in [0.3, 0.4) is 0 Å². The number of carbonyl (C=O) groups excluding carboxylic acids is 1. The second-order valence-electron chi connectivity index (χ2n) is 4.85. The maximum absolute atomic E-state index is 11.4. The largest absolute Gasteiger partial charge is 0.481 e. The van der Waals surface area contributed by atoms with Gasteiger partial charge in [-0.05, 0) is 44.2 Å². The monoisotopic (exact) mass is 410 g/mol. The van der Waals surface area contributed by atoms with Crippen molar-refractivity contribution in [3.8, 4) is 5.75 Å². The average molecular weight is 411 g/mol. The molecule has 0 aliphatic carbocycles. The van der Waals surface area contributed by atoms with Crippen LogP contribution in [0.4, 0.5) is 5.69 Å². The van der Waals surface area contributed by atoms with E-state index in [9.17, 15) is 14.9 Å². The molecule has 0 saturated heterocycles. The Labute approximate surface area is 151 Å². The average Bonchev–Trinajstić information content (AvgIpc) is 2.93. The van der Waals surface area contributed by atoms with Gasteiger partial charge in [0.05, 0.1) is 11.5 Å². The summed E-state index contributed by atoms with van der Waals surface area (Å²) >= 11 is 3.34. The van der Waals surface area contributed by atoms with E-state index in [1.54, 1.807) is 31.2 Å². The van der Waals surface area contributed by atoms with Crippen LogP contribution >= 0.6 is 15.9 Å². The zero-order valence-electron chi connectivity index (χ0n) is 13.5. The highest BCUT2D eigenvalue weighted by molar-refractivity contribution is 9.10. The molecule has 0 aliphatic rings. The Hall–Kier alpha value is -2.68. The lowest BCUT2D eigenvalue weighted by Gasteiger charge is -2.09. The van der Waals surface area contributed by atoms with E-state index < -0.39 is 10.9 Å². The fourth-order valence-electron chi connectivity index (χ4n) is 2.00. The van der Waals surface area contributed by atoms with Crippen LogP contribution in [0.25, 0.3) is 12.2 Å². The predicted molar refractivity (Wildman–Crippen MR) is 93.1 cm³/mol. The van der Waals surface area contributed by atoms with Crippen molar-refractivity contribution >= 4 is 39.7 Å². The summed E-state index contributed by atoms with van der Waals surface area (Å²) < 4.78 is 16.0. The number of rotatable bonds is 7. The first kappa shape index (κ1) is 18.7. The Kier molecular flexibility index (Phi) is 6.29. The van der Waals surface area contributed by atoms with Crippen LogP contribution < -0.4 is 4.74 Å². The molecule has 0 bridgehead atoms. The second kappa shape index (κ2) is 8.43. The van der Waals surface area contributed by atoms with E-state index in [-0.39, 0.29) is 30.4 Å². The molecular weight excluding hydrogens is 396 g/mol. The molecule has 25 heavy (non-hydrogen) atoms. The van der Waals surface area contributed by atoms with Gasteiger partial charge in [0.25, 0.3) is 0 Å². The molecule has 1 aromatic heterocycles. The van der Waals surface area contributed by atoms with Gasteiger partial charge < -0.3 is 14.0 Å². The van der Waals surface area contributed by atoms with Crippen molar-refractivity contribution in [3.63, 3.8) is 0 Å². The van der Waals surface area contributed by atoms with Crippen molar-refractivity contribution in [2.24, 2.45) is 0 Å². The van der Waals surface area contributed by atoms with Crippen molar-refractivity contribution in [2.45, 2.75) is 13.8 Å². The highest BCUT2D eigenvalue weighted by atomic mass is 79.9. The van der Waals surface area contributed by atoms with Gasteiger partial charge in [-0.3, -0.25) is 10.1 Å². The van der Waals surface area contributed by atoms with Crippen molar-refractivity contribution in [3.05, 3.63) is 49.8 Å². The summed E-state index contributed by atoms with van der Waals surface area (Å²) in [6.45, 7) is 3.23. The third-order valence-electron chi connectivity index (χ3n) is 3.08. The molecule has 0 saturated carbocycles. The summed E-state index contributed by atoms with van der Waals surface area (Å²) in [5.74, 6) is -0.0351. The number of aryl methyl sites for hydroxylation is 1. The topological polar surface area (TPSA) is 105 Å². The van der Waals surface area contributed by atoms with E-state index in [0.29, 0.717) is 11.3 Å². The molecule has 0 N–H and O–H groups in total. The highest BCUT2D eigenvalue weighted by Crippen LogP contribution is 2.28. The summed E-state index contributed by atoms with van der Waals surface area (Å²) in [7, 11) is 0. The van der Waals surface area contributed by atoms with Gasteiger partial charge in [0.2, 0.25) is 5.76 Å². The van der Waals surface area contributed by atoms with Gasteiger partial charge in [0.15, 0.2) is 12.3 Å². The molecule has 0 radical (unpaired) electrons. The molecule has 0 aliphatic heterocycles. The number of nitro groups is 1. The molecule has 2 rings (SSSR count). The number of carbonyl (C=O) groups is 1. The lowest BCUT2D eigenvalue weighted by Crippen LogP contribution is -2.14. The standard InChI is InChI=1S/C16H15BrN2O6/c1-3-23-15(20)9-24-13-7-5-12(17)8-11(13)4-6-14-16(19(21)22)10(2)18-25-14/h4-8H,3,9H2,1-2H3. The molecule has 9 heteroatoms. The third-order valence-corrected chi connectivity index (χ3v) is 3.57. The maximum atomic E-state index is 11.4. The molecule has 2 aromatic rings. The van der Waals surface area contributed by atoms with Crippen molar-refractivity contribution in [1.82, 2.24) is 5.16 Å². The third kappa shape index (κ3) is 4.90. The minimum absolute atomic E-state index is 0.0267. The smallest absolute Gasteiger partial charge is 0.344 e. The summed E-state index contributed by atoms with van der Waals surface area (Å²) in [5.41, 5.74) is 0.597. The van der Waals surface area contributed by atoms with Crippen LogP contribution in [0, 0.1) is 17.0 Å². The number of aromatic nitrogens is 1. The normalized spacial score (nSPS) is 10.8. The summed E-state index contributed by atoms with van der Waals surface area (Å²) in [5, 5.41) is 14.7. The van der Waals surface area contributed by atoms with Gasteiger partial charge in [-0.15, -0.1) is 0 Å². The molecule has 0 unspecified atom stereocenters. The van der Waals surface area contributed by atoms with Gasteiger partial charge in [0.1, 0.15) is 5.75 Å². The Bertz CT molecular complexity index is 815. The fraction of sp³-hybridized carbons (Fsp3) is 0.250. The first-order valence-corrected chi connectivity index (χ1v) is 8.08. The molecular formula is C16H15BrN2O6. The molecule has 1 aromatic carbocycles. The zero-order valence-corrected chi connectivity index (χ0v) is 15.1. The molecule has 0 spiro atoms. The number of nitrogens with zero attached hydrogens (tertiary/aromatic N) is 2. The SMILES string of the molecule is CCOC(=O)COc1ccc(Br)cc1C=Cc1onc(C)c1[N+](=O)[O-]. The quantitative estimate of drug-likeness (QED) is 0.388. The van der Waals surface area contributed by atoms with Gasteiger partial charge in [-0.25, -0.2) is 4.79 Å². The molecule has 8 nitrogen and oxygen atoms in total. The zero-order chi connectivity index (χ0) is 18.4. The van der Waals surface area contributed by atoms with Crippen LogP contribution in [0.5, 0.6) is 5.75 Å². The van der Waals surface area contributed by atoms with Crippen LogP contribution in [0.1, 0.15) is 23.9 Å². The Balaban J connectivity index is 2.25. The van der Waals surface area contributed by atoms with E-state index in [0.717, 1.165) is 4.47 Å². The number of hydrogen-bond donors (Lipinski definition) is 0. The number of ether oxygens (including phenoxy) is 2. The Morgan fingerprint density at radius 1 is 1.44 bits per heavy atom. The fourth-order valence-corrected chi connectivity index (χ4v) is 2.38. The summed E-state index contributed by atoms with van der Waals surface area (Å²) in [4.78, 5) is 21.9. The number of halogens is 1. The first-order valence-electron chi connectivity index (χ1n) is 7.29. The van der Waals surface area contributed by atoms with Crippen molar-refractivity contribution < 1.29 is 23.7 Å². The second-order valence-corrected chi connectivity index (χ2v) is 5.76. The van der Waals surface area contributed by atoms with E-state index >= 15 is 0 Å². The van der Waals surface area contributed by atoms with Crippen LogP contribution in [-0.4, -0.2) is 29.3 Å². The summed E-state index contributed by atoms with van der Waals surface area (Å²) in [6, 6.07) is 5.16. The van der Waals surface area contributed by atoms with E-state index in [4.69, 9.17) is 14.0 Å². The maximum Gasteiger partial charge on any atom is 0.344 e. The van der Waals surface area contributed by atoms with Gasteiger partial charge in [-0.1, -0.05) is 21.1 Å². The molecule has 0 fully saturated rings. The molecule has 0 atom stereocenters. The minimum Gasteiger partial charge on any atom is -0.481 e. The van der Waals surface area contributed by atoms with Crippen molar-refractivity contribution in [1.29, 1.82) is 0 Å². The highest BCUT2D eigenvalue weighted by Gasteiger charge is 2.22. The van der Waals surface area contributed by atoms with E-state index in [1.807, 2.05) is 0 Å². The van der Waals surface area contributed by atoms with Crippen LogP contribution in [0.15, 0.2) is 27.2 Å². The molecule has 132 valence electrons. The van der Waals surface area contributed by atoms with Gasteiger partial charge in [0, 0.05) is 10.0 Å². The van der Waals surface area contributed by atoms with Gasteiger partial charge >= 0.3 is 11.7 Å². The lowest BCUT2D eigenvalue weighted by atomic mass is 10.1. The Morgan fingerprint density at radius 2 is 2.20 bits per heavy atom.